The number of imidazole rings is 1. The van der Waals surface area contributed by atoms with Gasteiger partial charge in [0, 0.05) is 29.9 Å². The lowest BCUT2D eigenvalue weighted by molar-refractivity contribution is 0.411. The van der Waals surface area contributed by atoms with Gasteiger partial charge >= 0.3 is 0 Å². The van der Waals surface area contributed by atoms with Crippen LogP contribution in [0.5, 0.6) is 0 Å². The fourth-order valence-electron chi connectivity index (χ4n) is 2.91. The third-order valence-electron chi connectivity index (χ3n) is 4.12. The molecule has 0 spiro atoms. The second-order valence-electron chi connectivity index (χ2n) is 5.37. The summed E-state index contributed by atoms with van der Waals surface area (Å²) >= 11 is 5.45. The molecule has 1 fully saturated rings. The van der Waals surface area contributed by atoms with Crippen LogP contribution in [-0.2, 0) is 0 Å². The van der Waals surface area contributed by atoms with Crippen molar-refractivity contribution in [2.24, 2.45) is 0 Å². The molecular formula is C14H19BrN4S. The van der Waals surface area contributed by atoms with Gasteiger partial charge in [0.05, 0.1) is 0 Å². The van der Waals surface area contributed by atoms with E-state index in [-0.39, 0.29) is 0 Å². The van der Waals surface area contributed by atoms with Crippen LogP contribution in [0, 0.1) is 0 Å². The number of hydrogen-bond acceptors (Lipinski definition) is 4. The van der Waals surface area contributed by atoms with Gasteiger partial charge in [-0.25, -0.2) is 9.97 Å². The predicted molar refractivity (Wildman–Crippen MR) is 88.5 cm³/mol. The fourth-order valence-corrected chi connectivity index (χ4v) is 4.22. The lowest BCUT2D eigenvalue weighted by Gasteiger charge is -2.36. The predicted octanol–water partition coefficient (Wildman–Crippen LogP) is 3.97. The molecule has 108 valence electrons. The SMILES string of the molecule is CSC1(CNc2nc(Br)cn3ccnc23)CCCCC1. The Kier molecular flexibility index (Phi) is 4.21. The molecule has 6 heteroatoms. The summed E-state index contributed by atoms with van der Waals surface area (Å²) in [5.41, 5.74) is 0.889. The van der Waals surface area contributed by atoms with Gasteiger partial charge in [0.1, 0.15) is 4.60 Å². The molecule has 20 heavy (non-hydrogen) atoms. The van der Waals surface area contributed by atoms with Crippen LogP contribution in [0.1, 0.15) is 32.1 Å². The normalized spacial score (nSPS) is 18.3. The monoisotopic (exact) mass is 354 g/mol. The molecule has 4 nitrogen and oxygen atoms in total. The van der Waals surface area contributed by atoms with Crippen molar-refractivity contribution in [2.75, 3.05) is 18.1 Å². The Labute approximate surface area is 131 Å². The second kappa shape index (κ2) is 5.93. The lowest BCUT2D eigenvalue weighted by Crippen LogP contribution is -2.35. The summed E-state index contributed by atoms with van der Waals surface area (Å²) in [6.45, 7) is 0.958. The van der Waals surface area contributed by atoms with Gasteiger partial charge in [0.15, 0.2) is 11.5 Å². The maximum atomic E-state index is 4.54. The number of fused-ring (bicyclic) bond motifs is 1. The van der Waals surface area contributed by atoms with Crippen molar-refractivity contribution in [3.63, 3.8) is 0 Å². The molecule has 0 amide bonds. The van der Waals surface area contributed by atoms with E-state index in [0.717, 1.165) is 22.6 Å². The first-order valence-electron chi connectivity index (χ1n) is 7.01. The van der Waals surface area contributed by atoms with Crippen molar-refractivity contribution >= 4 is 39.2 Å². The summed E-state index contributed by atoms with van der Waals surface area (Å²) in [5, 5.41) is 3.53. The molecule has 0 aliphatic heterocycles. The minimum atomic E-state index is 0.353. The summed E-state index contributed by atoms with van der Waals surface area (Å²) in [6, 6.07) is 0. The van der Waals surface area contributed by atoms with E-state index >= 15 is 0 Å². The maximum Gasteiger partial charge on any atom is 0.180 e. The van der Waals surface area contributed by atoms with Crippen molar-refractivity contribution < 1.29 is 0 Å². The van der Waals surface area contributed by atoms with Crippen LogP contribution in [-0.4, -0.2) is 31.9 Å². The summed E-state index contributed by atoms with van der Waals surface area (Å²) < 4.78 is 3.17. The molecule has 0 aromatic carbocycles. The number of hydrogen-bond donors (Lipinski definition) is 1. The summed E-state index contributed by atoms with van der Waals surface area (Å²) in [6.07, 6.45) is 14.5. The highest BCUT2D eigenvalue weighted by molar-refractivity contribution is 9.10. The molecule has 1 N–H and O–H groups in total. The van der Waals surface area contributed by atoms with Crippen molar-refractivity contribution in [1.29, 1.82) is 0 Å². The van der Waals surface area contributed by atoms with E-state index in [1.54, 1.807) is 6.20 Å². The Bertz CT molecular complexity index is 592. The Morgan fingerprint density at radius 1 is 1.40 bits per heavy atom. The molecule has 2 aromatic rings. The number of halogens is 1. The van der Waals surface area contributed by atoms with Gasteiger partial charge < -0.3 is 9.72 Å². The van der Waals surface area contributed by atoms with Crippen LogP contribution in [0.25, 0.3) is 5.65 Å². The Morgan fingerprint density at radius 3 is 2.95 bits per heavy atom. The molecule has 0 bridgehead atoms. The Balaban J connectivity index is 1.80. The van der Waals surface area contributed by atoms with E-state index in [2.05, 4.69) is 37.5 Å². The van der Waals surface area contributed by atoms with E-state index in [1.807, 2.05) is 28.6 Å². The zero-order valence-electron chi connectivity index (χ0n) is 11.6. The highest BCUT2D eigenvalue weighted by Crippen LogP contribution is 2.38. The number of rotatable bonds is 4. The maximum absolute atomic E-state index is 4.54. The molecule has 1 saturated carbocycles. The molecule has 0 saturated heterocycles. The van der Waals surface area contributed by atoms with Gasteiger partial charge in [0.25, 0.3) is 0 Å². The standard InChI is InChI=1S/C14H19BrN4S/c1-20-14(5-3-2-4-6-14)10-17-12-13-16-7-8-19(13)9-11(15)18-12/h7-9H,2-6,10H2,1H3,(H,17,18). The third kappa shape index (κ3) is 2.81. The third-order valence-corrected chi connectivity index (χ3v) is 5.92. The van der Waals surface area contributed by atoms with Gasteiger partial charge in [0.2, 0.25) is 0 Å². The van der Waals surface area contributed by atoms with E-state index in [4.69, 9.17) is 0 Å². The first kappa shape index (κ1) is 14.2. The molecule has 0 unspecified atom stereocenters. The molecule has 0 radical (unpaired) electrons. The number of nitrogens with one attached hydrogen (secondary N) is 1. The van der Waals surface area contributed by atoms with Crippen LogP contribution in [0.2, 0.25) is 0 Å². The molecule has 2 aromatic heterocycles. The number of nitrogens with zero attached hydrogens (tertiary/aromatic N) is 3. The zero-order valence-corrected chi connectivity index (χ0v) is 14.0. The van der Waals surface area contributed by atoms with Gasteiger partial charge in [-0.1, -0.05) is 19.3 Å². The van der Waals surface area contributed by atoms with Crippen molar-refractivity contribution in [3.8, 4) is 0 Å². The van der Waals surface area contributed by atoms with Gasteiger partial charge in [-0.05, 0) is 35.0 Å². The van der Waals surface area contributed by atoms with Crippen LogP contribution in [0.15, 0.2) is 23.2 Å². The quantitative estimate of drug-likeness (QED) is 0.901. The molecule has 0 atom stereocenters. The van der Waals surface area contributed by atoms with Crippen molar-refractivity contribution in [1.82, 2.24) is 14.4 Å². The number of aromatic nitrogens is 3. The Morgan fingerprint density at radius 2 is 2.20 bits per heavy atom. The topological polar surface area (TPSA) is 42.2 Å². The summed E-state index contributed by atoms with van der Waals surface area (Å²) in [4.78, 5) is 8.92. The fraction of sp³-hybridized carbons (Fsp3) is 0.571. The molecule has 2 heterocycles. The van der Waals surface area contributed by atoms with E-state index < -0.39 is 0 Å². The van der Waals surface area contributed by atoms with Gasteiger partial charge in [-0.2, -0.15) is 11.8 Å². The van der Waals surface area contributed by atoms with Crippen LogP contribution >= 0.6 is 27.7 Å². The molecule has 3 rings (SSSR count). The average molecular weight is 355 g/mol. The number of anilines is 1. The first-order valence-corrected chi connectivity index (χ1v) is 9.02. The minimum absolute atomic E-state index is 0.353. The largest absolute Gasteiger partial charge is 0.366 e. The summed E-state index contributed by atoms with van der Waals surface area (Å²) in [7, 11) is 0. The van der Waals surface area contributed by atoms with Gasteiger partial charge in [-0.15, -0.1) is 0 Å². The van der Waals surface area contributed by atoms with Gasteiger partial charge in [-0.3, -0.25) is 0 Å². The smallest absolute Gasteiger partial charge is 0.180 e. The van der Waals surface area contributed by atoms with Crippen molar-refractivity contribution in [3.05, 3.63) is 23.2 Å². The van der Waals surface area contributed by atoms with Crippen LogP contribution in [0.3, 0.4) is 0 Å². The molecule has 1 aliphatic carbocycles. The van der Waals surface area contributed by atoms with E-state index in [0.29, 0.717) is 4.75 Å². The summed E-state index contributed by atoms with van der Waals surface area (Å²) in [5.74, 6) is 0.864. The van der Waals surface area contributed by atoms with Crippen LogP contribution < -0.4 is 5.32 Å². The zero-order chi connectivity index (χ0) is 14.0. The molecule has 1 aliphatic rings. The van der Waals surface area contributed by atoms with E-state index in [1.165, 1.54) is 32.1 Å². The highest BCUT2D eigenvalue weighted by atomic mass is 79.9. The highest BCUT2D eigenvalue weighted by Gasteiger charge is 2.31. The van der Waals surface area contributed by atoms with Crippen LogP contribution in [0.4, 0.5) is 5.82 Å². The molecular weight excluding hydrogens is 336 g/mol. The Hall–Kier alpha value is -0.750. The average Bonchev–Trinajstić information content (AvgIpc) is 2.94. The van der Waals surface area contributed by atoms with Crippen molar-refractivity contribution in [2.45, 2.75) is 36.9 Å². The lowest BCUT2D eigenvalue weighted by atomic mass is 9.88. The van der Waals surface area contributed by atoms with E-state index in [9.17, 15) is 0 Å². The number of thioether (sulfide) groups is 1. The second-order valence-corrected chi connectivity index (χ2v) is 7.46. The first-order chi connectivity index (χ1) is 9.72. The minimum Gasteiger partial charge on any atom is -0.366 e.